The number of amides is 3. The number of carboxylic acid groups (broad SMARTS) is 1. The van der Waals surface area contributed by atoms with Gasteiger partial charge in [-0.2, -0.15) is 11.8 Å². The van der Waals surface area contributed by atoms with E-state index in [2.05, 4.69) is 25.9 Å². The fourth-order valence-corrected chi connectivity index (χ4v) is 2.87. The highest BCUT2D eigenvalue weighted by Gasteiger charge is 2.30. The average Bonchev–Trinajstić information content (AvgIpc) is 3.20. The molecule has 30 heavy (non-hydrogen) atoms. The zero-order valence-electron chi connectivity index (χ0n) is 16.8. The Morgan fingerprint density at radius 1 is 1.27 bits per heavy atom. The van der Waals surface area contributed by atoms with Gasteiger partial charge in [-0.3, -0.25) is 14.4 Å². The van der Waals surface area contributed by atoms with Gasteiger partial charge in [-0.05, 0) is 25.4 Å². The number of imidazole rings is 1. The van der Waals surface area contributed by atoms with E-state index in [1.165, 1.54) is 31.2 Å². The second kappa shape index (κ2) is 12.8. The zero-order valence-corrected chi connectivity index (χ0v) is 17.6. The molecule has 0 aliphatic heterocycles. The number of aromatic nitrogens is 2. The van der Waals surface area contributed by atoms with Crippen molar-refractivity contribution in [3.8, 4) is 0 Å². The molecule has 0 saturated heterocycles. The Morgan fingerprint density at radius 3 is 2.50 bits per heavy atom. The molecule has 3 amide bonds. The van der Waals surface area contributed by atoms with Crippen LogP contribution in [0.15, 0.2) is 12.5 Å². The van der Waals surface area contributed by atoms with Crippen LogP contribution in [0.2, 0.25) is 0 Å². The summed E-state index contributed by atoms with van der Waals surface area (Å²) >= 11 is 1.54. The Balaban J connectivity index is 2.62. The lowest BCUT2D eigenvalue weighted by Gasteiger charge is -2.23. The lowest BCUT2D eigenvalue weighted by atomic mass is 10.1. The van der Waals surface area contributed by atoms with E-state index in [1.54, 1.807) is 0 Å². The molecule has 13 heteroatoms. The van der Waals surface area contributed by atoms with Crippen molar-refractivity contribution in [1.29, 1.82) is 0 Å². The van der Waals surface area contributed by atoms with Gasteiger partial charge in [0.1, 0.15) is 12.1 Å². The summed E-state index contributed by atoms with van der Waals surface area (Å²) in [4.78, 5) is 54.3. The number of nitrogens with two attached hydrogens (primary N) is 1. The Kier molecular flexibility index (Phi) is 10.9. The molecule has 1 heterocycles. The Morgan fingerprint density at radius 2 is 1.97 bits per heavy atom. The van der Waals surface area contributed by atoms with Crippen LogP contribution >= 0.6 is 11.8 Å². The molecule has 0 aromatic carbocycles. The Bertz CT molecular complexity index is 714. The molecule has 0 fully saturated rings. The molecule has 1 aromatic rings. The Labute approximate surface area is 177 Å². The number of rotatable bonds is 13. The third kappa shape index (κ3) is 8.80. The molecule has 0 bridgehead atoms. The molecule has 168 valence electrons. The SMILES string of the molecule is CSCCC(N)C(=O)NCC(=O)NC(C(=O)NC(Cc1cnc[nH]1)C(=O)O)C(C)O. The van der Waals surface area contributed by atoms with Crippen LogP contribution in [0.25, 0.3) is 0 Å². The first kappa shape index (κ1) is 25.4. The van der Waals surface area contributed by atoms with E-state index >= 15 is 0 Å². The molecular weight excluding hydrogens is 416 g/mol. The smallest absolute Gasteiger partial charge is 0.326 e. The Hall–Kier alpha value is -2.64. The number of aliphatic hydroxyl groups excluding tert-OH is 1. The zero-order chi connectivity index (χ0) is 22.7. The summed E-state index contributed by atoms with van der Waals surface area (Å²) in [6, 6.07) is -3.48. The van der Waals surface area contributed by atoms with E-state index in [9.17, 15) is 29.4 Å². The predicted molar refractivity (Wildman–Crippen MR) is 109 cm³/mol. The molecule has 4 atom stereocenters. The van der Waals surface area contributed by atoms with Gasteiger partial charge in [0.05, 0.1) is 25.0 Å². The number of hydrogen-bond donors (Lipinski definition) is 7. The van der Waals surface area contributed by atoms with Crippen LogP contribution < -0.4 is 21.7 Å². The minimum Gasteiger partial charge on any atom is -0.480 e. The third-order valence-corrected chi connectivity index (χ3v) is 4.71. The molecule has 12 nitrogen and oxygen atoms in total. The minimum absolute atomic E-state index is 0.0639. The van der Waals surface area contributed by atoms with E-state index in [0.29, 0.717) is 17.9 Å². The van der Waals surface area contributed by atoms with Gasteiger partial charge in [-0.1, -0.05) is 0 Å². The van der Waals surface area contributed by atoms with Crippen LogP contribution in [0.3, 0.4) is 0 Å². The summed E-state index contributed by atoms with van der Waals surface area (Å²) in [5.41, 5.74) is 6.19. The van der Waals surface area contributed by atoms with Crippen LogP contribution in [0.4, 0.5) is 0 Å². The molecule has 1 aromatic heterocycles. The number of carbonyl (C=O) groups excluding carboxylic acids is 3. The van der Waals surface area contributed by atoms with Gasteiger partial charge in [0.2, 0.25) is 17.7 Å². The van der Waals surface area contributed by atoms with Gasteiger partial charge in [0.25, 0.3) is 0 Å². The second-order valence-electron chi connectivity index (χ2n) is 6.57. The van der Waals surface area contributed by atoms with Gasteiger partial charge in [0.15, 0.2) is 0 Å². The molecule has 0 saturated carbocycles. The number of H-pyrrole nitrogens is 1. The van der Waals surface area contributed by atoms with Crippen LogP contribution in [0.1, 0.15) is 19.0 Å². The number of nitrogens with one attached hydrogen (secondary N) is 4. The number of carboxylic acids is 1. The fraction of sp³-hybridized carbons (Fsp3) is 0.588. The predicted octanol–water partition coefficient (Wildman–Crippen LogP) is -2.42. The molecule has 8 N–H and O–H groups in total. The van der Waals surface area contributed by atoms with Gasteiger partial charge in [-0.15, -0.1) is 0 Å². The lowest BCUT2D eigenvalue weighted by Crippen LogP contribution is -2.57. The third-order valence-electron chi connectivity index (χ3n) is 4.07. The quantitative estimate of drug-likeness (QED) is 0.173. The maximum atomic E-state index is 12.4. The summed E-state index contributed by atoms with van der Waals surface area (Å²) < 4.78 is 0. The highest BCUT2D eigenvalue weighted by Crippen LogP contribution is 2.02. The molecular formula is C17H28N6O6S. The van der Waals surface area contributed by atoms with Crippen LogP contribution in [-0.4, -0.2) is 86.7 Å². The highest BCUT2D eigenvalue weighted by molar-refractivity contribution is 7.98. The molecule has 0 aliphatic carbocycles. The van der Waals surface area contributed by atoms with E-state index in [0.717, 1.165) is 0 Å². The first-order valence-corrected chi connectivity index (χ1v) is 10.5. The first-order valence-electron chi connectivity index (χ1n) is 9.15. The van der Waals surface area contributed by atoms with Gasteiger partial charge in [-0.25, -0.2) is 9.78 Å². The topological polar surface area (TPSA) is 200 Å². The molecule has 0 radical (unpaired) electrons. The average molecular weight is 445 g/mol. The molecule has 0 aliphatic rings. The fourth-order valence-electron chi connectivity index (χ4n) is 2.38. The van der Waals surface area contributed by atoms with E-state index < -0.39 is 54.5 Å². The van der Waals surface area contributed by atoms with Crippen LogP contribution in [0, 0.1) is 0 Å². The van der Waals surface area contributed by atoms with Crippen LogP contribution in [-0.2, 0) is 25.6 Å². The monoisotopic (exact) mass is 444 g/mol. The summed E-state index contributed by atoms with van der Waals surface area (Å²) in [5, 5.41) is 26.1. The van der Waals surface area contributed by atoms with Crippen molar-refractivity contribution in [2.24, 2.45) is 5.73 Å². The number of aliphatic hydroxyl groups is 1. The van der Waals surface area contributed by atoms with E-state index in [-0.39, 0.29) is 6.42 Å². The van der Waals surface area contributed by atoms with Crippen molar-refractivity contribution in [1.82, 2.24) is 25.9 Å². The van der Waals surface area contributed by atoms with Crippen molar-refractivity contribution < 1.29 is 29.4 Å². The minimum atomic E-state index is -1.41. The first-order chi connectivity index (χ1) is 14.1. The maximum Gasteiger partial charge on any atom is 0.326 e. The van der Waals surface area contributed by atoms with Crippen molar-refractivity contribution >= 4 is 35.5 Å². The van der Waals surface area contributed by atoms with Crippen molar-refractivity contribution in [2.75, 3.05) is 18.6 Å². The lowest BCUT2D eigenvalue weighted by molar-refractivity contribution is -0.143. The molecule has 4 unspecified atom stereocenters. The number of aliphatic carboxylic acids is 1. The highest BCUT2D eigenvalue weighted by atomic mass is 32.2. The number of carbonyl (C=O) groups is 4. The second-order valence-corrected chi connectivity index (χ2v) is 7.56. The van der Waals surface area contributed by atoms with Crippen molar-refractivity contribution in [2.45, 2.75) is 44.0 Å². The van der Waals surface area contributed by atoms with Crippen molar-refractivity contribution in [3.63, 3.8) is 0 Å². The summed E-state index contributed by atoms with van der Waals surface area (Å²) in [7, 11) is 0. The number of aromatic amines is 1. The molecule has 1 rings (SSSR count). The van der Waals surface area contributed by atoms with E-state index in [1.807, 2.05) is 6.26 Å². The van der Waals surface area contributed by atoms with Gasteiger partial charge < -0.3 is 36.9 Å². The summed E-state index contributed by atoms with van der Waals surface area (Å²) in [6.45, 7) is 0.824. The largest absolute Gasteiger partial charge is 0.480 e. The number of nitrogens with zero attached hydrogens (tertiary/aromatic N) is 1. The maximum absolute atomic E-state index is 12.4. The normalized spacial score (nSPS) is 14.8. The summed E-state index contributed by atoms with van der Waals surface area (Å²) in [6.07, 6.45) is 3.74. The van der Waals surface area contributed by atoms with Gasteiger partial charge in [0, 0.05) is 18.3 Å². The standard InChI is InChI=1S/C17H28N6O6S/c1-9(24)14(23-13(25)7-20-15(26)11(18)3-4-30-2)16(27)22-12(17(28)29)5-10-6-19-8-21-10/h6,8-9,11-12,14,24H,3-5,7,18H2,1-2H3,(H,19,21)(H,20,26)(H,22,27)(H,23,25)(H,28,29). The van der Waals surface area contributed by atoms with Gasteiger partial charge >= 0.3 is 5.97 Å². The van der Waals surface area contributed by atoms with Crippen molar-refractivity contribution in [3.05, 3.63) is 18.2 Å². The van der Waals surface area contributed by atoms with Crippen LogP contribution in [0.5, 0.6) is 0 Å². The van der Waals surface area contributed by atoms with E-state index in [4.69, 9.17) is 5.73 Å². The number of thioether (sulfide) groups is 1. The molecule has 0 spiro atoms. The number of hydrogen-bond acceptors (Lipinski definition) is 8. The summed E-state index contributed by atoms with van der Waals surface area (Å²) in [5.74, 6) is -2.73.